The number of carbonyl (C=O) groups excluding carboxylic acids is 2. The molecule has 0 unspecified atom stereocenters. The van der Waals surface area contributed by atoms with E-state index in [1.54, 1.807) is 24.3 Å². The number of thiophene rings is 1. The van der Waals surface area contributed by atoms with Crippen LogP contribution in [0.1, 0.15) is 29.1 Å². The molecule has 0 radical (unpaired) electrons. The molecule has 44 heavy (non-hydrogen) atoms. The summed E-state index contributed by atoms with van der Waals surface area (Å²) in [6.45, 7) is 6.78. The Balaban J connectivity index is 1.09. The largest absolute Gasteiger partial charge is 0.457 e. The lowest BCUT2D eigenvalue weighted by Crippen LogP contribution is -2.44. The lowest BCUT2D eigenvalue weighted by molar-refractivity contribution is -0.0704. The Hall–Kier alpha value is -4.84. The van der Waals surface area contributed by atoms with Crippen LogP contribution in [0.5, 0.6) is 11.5 Å². The molecule has 2 N–H and O–H groups in total. The molecule has 10 nitrogen and oxygen atoms in total. The minimum atomic E-state index is -0.419. The van der Waals surface area contributed by atoms with Gasteiger partial charge in [0, 0.05) is 25.3 Å². The summed E-state index contributed by atoms with van der Waals surface area (Å²) in [6, 6.07) is 24.1. The van der Waals surface area contributed by atoms with Crippen LogP contribution in [0.2, 0.25) is 0 Å². The Bertz CT molecular complexity index is 1820. The van der Waals surface area contributed by atoms with Crippen molar-refractivity contribution in [2.45, 2.75) is 32.6 Å². The van der Waals surface area contributed by atoms with Gasteiger partial charge in [-0.2, -0.15) is 0 Å². The van der Waals surface area contributed by atoms with E-state index in [1.165, 1.54) is 22.6 Å². The molecule has 0 spiro atoms. The van der Waals surface area contributed by atoms with Crippen molar-refractivity contribution in [2.24, 2.45) is 0 Å². The average molecular weight is 607 g/mol. The zero-order valence-corrected chi connectivity index (χ0v) is 25.0. The zero-order chi connectivity index (χ0) is 30.2. The number of carbonyl (C=O) groups is 2. The number of nitrogens with zero attached hydrogens (tertiary/aromatic N) is 4. The number of benzene rings is 3. The van der Waals surface area contributed by atoms with Crippen LogP contribution in [0.4, 0.5) is 27.7 Å². The summed E-state index contributed by atoms with van der Waals surface area (Å²) in [5.41, 5.74) is 2.84. The van der Waals surface area contributed by atoms with E-state index in [-0.39, 0.29) is 18.1 Å². The van der Waals surface area contributed by atoms with E-state index in [9.17, 15) is 9.59 Å². The first-order valence-electron chi connectivity index (χ1n) is 14.4. The van der Waals surface area contributed by atoms with Gasteiger partial charge in [0.15, 0.2) is 5.82 Å². The maximum absolute atomic E-state index is 13.5. The second kappa shape index (κ2) is 11.7. The smallest absolute Gasteiger partial charge is 0.332 e. The standard InChI is InChI=1S/C33H30N6O4S/c1-20-16-38(17-21(2)42-20)18-22-8-10-23(11-9-22)36-31(40)29-28-27-30(34-19-35-32(27)44-29)39(33(41)37-28)24-12-14-26(15-13-24)43-25-6-4-3-5-7-25/h3-15,19-21H,16-18H2,1-2H3,(H,36,40)(H,37,41)/t20-,21+. The molecule has 1 saturated heterocycles. The van der Waals surface area contributed by atoms with Crippen LogP contribution < -0.4 is 20.3 Å². The normalized spacial score (nSPS) is 18.2. The summed E-state index contributed by atoms with van der Waals surface area (Å²) in [4.78, 5) is 40.6. The second-order valence-electron chi connectivity index (χ2n) is 11.0. The molecule has 2 aliphatic heterocycles. The fraction of sp³-hybridized carbons (Fsp3) is 0.212. The SMILES string of the molecule is C[C@@H]1CN(Cc2ccc(NC(=O)c3sc4ncnc5c4c3NC(=O)N5c3ccc(Oc4ccccc4)cc3)cc2)C[C@H](C)O1. The summed E-state index contributed by atoms with van der Waals surface area (Å²) in [6.07, 6.45) is 1.82. The Morgan fingerprint density at radius 3 is 2.41 bits per heavy atom. The molecule has 5 aromatic rings. The number of ether oxygens (including phenoxy) is 2. The number of amides is 3. The lowest BCUT2D eigenvalue weighted by atomic mass is 10.1. The topological polar surface area (TPSA) is 109 Å². The number of nitrogens with one attached hydrogen (secondary N) is 2. The van der Waals surface area contributed by atoms with E-state index in [2.05, 4.69) is 39.3 Å². The molecule has 0 saturated carbocycles. The molecule has 1 fully saturated rings. The van der Waals surface area contributed by atoms with Crippen molar-refractivity contribution in [1.82, 2.24) is 14.9 Å². The van der Waals surface area contributed by atoms with Gasteiger partial charge < -0.3 is 20.1 Å². The fourth-order valence-corrected chi connectivity index (χ4v) is 6.69. The molecule has 3 aromatic carbocycles. The third-order valence-corrected chi connectivity index (χ3v) is 8.60. The van der Waals surface area contributed by atoms with Crippen LogP contribution in [-0.2, 0) is 11.3 Å². The number of anilines is 4. The van der Waals surface area contributed by atoms with Gasteiger partial charge in [0.1, 0.15) is 27.5 Å². The fourth-order valence-electron chi connectivity index (χ4n) is 5.71. The van der Waals surface area contributed by atoms with E-state index < -0.39 is 6.03 Å². The molecule has 3 amide bonds. The highest BCUT2D eigenvalue weighted by Crippen LogP contribution is 2.45. The molecule has 7 rings (SSSR count). The molecular weight excluding hydrogens is 576 g/mol. The van der Waals surface area contributed by atoms with Crippen molar-refractivity contribution in [2.75, 3.05) is 28.6 Å². The molecule has 2 aromatic heterocycles. The van der Waals surface area contributed by atoms with Crippen molar-refractivity contribution >= 4 is 56.4 Å². The first-order chi connectivity index (χ1) is 21.4. The van der Waals surface area contributed by atoms with Crippen molar-refractivity contribution in [3.63, 3.8) is 0 Å². The highest BCUT2D eigenvalue weighted by atomic mass is 32.1. The van der Waals surface area contributed by atoms with E-state index in [0.29, 0.717) is 43.7 Å². The van der Waals surface area contributed by atoms with E-state index in [4.69, 9.17) is 9.47 Å². The highest BCUT2D eigenvalue weighted by molar-refractivity contribution is 7.21. The van der Waals surface area contributed by atoms with Gasteiger partial charge in [0.2, 0.25) is 0 Å². The van der Waals surface area contributed by atoms with Crippen molar-refractivity contribution in [1.29, 1.82) is 0 Å². The minimum Gasteiger partial charge on any atom is -0.457 e. The number of rotatable bonds is 7. The van der Waals surface area contributed by atoms with Crippen molar-refractivity contribution in [3.05, 3.63) is 95.6 Å². The van der Waals surface area contributed by atoms with Gasteiger partial charge in [-0.25, -0.2) is 19.7 Å². The van der Waals surface area contributed by atoms with Gasteiger partial charge >= 0.3 is 6.03 Å². The molecule has 0 bridgehead atoms. The lowest BCUT2D eigenvalue weighted by Gasteiger charge is -2.35. The van der Waals surface area contributed by atoms with Crippen molar-refractivity contribution < 1.29 is 19.1 Å². The maximum Gasteiger partial charge on any atom is 0.332 e. The van der Waals surface area contributed by atoms with Crippen LogP contribution >= 0.6 is 11.3 Å². The number of hydrogen-bond acceptors (Lipinski definition) is 8. The molecule has 0 aliphatic carbocycles. The van der Waals surface area contributed by atoms with Crippen LogP contribution in [0.25, 0.3) is 10.2 Å². The van der Waals surface area contributed by atoms with Gasteiger partial charge in [-0.05, 0) is 67.9 Å². The predicted octanol–water partition coefficient (Wildman–Crippen LogP) is 7.03. The van der Waals surface area contributed by atoms with E-state index in [0.717, 1.165) is 30.9 Å². The first-order valence-corrected chi connectivity index (χ1v) is 15.2. The number of hydrogen-bond donors (Lipinski definition) is 2. The third kappa shape index (κ3) is 5.60. The van der Waals surface area contributed by atoms with E-state index in [1.807, 2.05) is 54.6 Å². The van der Waals surface area contributed by atoms with Crippen LogP contribution in [0.15, 0.2) is 85.2 Å². The third-order valence-electron chi connectivity index (χ3n) is 7.51. The van der Waals surface area contributed by atoms with Gasteiger partial charge in [0.25, 0.3) is 5.91 Å². The Morgan fingerprint density at radius 1 is 0.977 bits per heavy atom. The average Bonchev–Trinajstić information content (AvgIpc) is 3.38. The quantitative estimate of drug-likeness (QED) is 0.205. The predicted molar refractivity (Wildman–Crippen MR) is 171 cm³/mol. The van der Waals surface area contributed by atoms with Crippen LogP contribution in [0.3, 0.4) is 0 Å². The number of aromatic nitrogens is 2. The number of para-hydroxylation sites is 1. The van der Waals surface area contributed by atoms with Crippen molar-refractivity contribution in [3.8, 4) is 11.5 Å². The monoisotopic (exact) mass is 606 g/mol. The molecule has 11 heteroatoms. The van der Waals surface area contributed by atoms with Crippen LogP contribution in [-0.4, -0.2) is 52.1 Å². The van der Waals surface area contributed by atoms with Gasteiger partial charge in [-0.3, -0.25) is 9.69 Å². The molecule has 4 heterocycles. The van der Waals surface area contributed by atoms with E-state index >= 15 is 0 Å². The highest BCUT2D eigenvalue weighted by Gasteiger charge is 2.34. The molecular formula is C33H30N6O4S. The second-order valence-corrected chi connectivity index (χ2v) is 12.0. The van der Waals surface area contributed by atoms with Crippen LogP contribution in [0, 0.1) is 0 Å². The zero-order valence-electron chi connectivity index (χ0n) is 24.2. The summed E-state index contributed by atoms with van der Waals surface area (Å²) >= 11 is 1.22. The Morgan fingerprint density at radius 2 is 1.68 bits per heavy atom. The molecule has 2 atom stereocenters. The Kier molecular flexibility index (Phi) is 7.42. The minimum absolute atomic E-state index is 0.206. The summed E-state index contributed by atoms with van der Waals surface area (Å²) in [5, 5.41) is 6.51. The maximum atomic E-state index is 13.5. The number of morpholine rings is 1. The summed E-state index contributed by atoms with van der Waals surface area (Å²) in [5.74, 6) is 1.44. The summed E-state index contributed by atoms with van der Waals surface area (Å²) < 4.78 is 11.7. The summed E-state index contributed by atoms with van der Waals surface area (Å²) in [7, 11) is 0. The first kappa shape index (κ1) is 28.0. The molecule has 222 valence electrons. The van der Waals surface area contributed by atoms with Gasteiger partial charge in [-0.15, -0.1) is 11.3 Å². The molecule has 2 aliphatic rings. The Labute approximate surface area is 258 Å². The number of urea groups is 1. The van der Waals surface area contributed by atoms with Gasteiger partial charge in [0.05, 0.1) is 29.0 Å². The van der Waals surface area contributed by atoms with Gasteiger partial charge in [-0.1, -0.05) is 30.3 Å².